The second-order valence-electron chi connectivity index (χ2n) is 22.1. The third kappa shape index (κ3) is 6.03. The summed E-state index contributed by atoms with van der Waals surface area (Å²) >= 11 is 0. The lowest BCUT2D eigenvalue weighted by atomic mass is 9.52. The molecule has 1 heterocycles. The summed E-state index contributed by atoms with van der Waals surface area (Å²) in [4.78, 5) is 5.47. The molecule has 16 rings (SSSR count). The summed E-state index contributed by atoms with van der Waals surface area (Å²) in [5.41, 5.74) is 31.4. The molecule has 4 aliphatic carbocycles. The Morgan fingerprint density at radius 2 is 0.506 bits per heavy atom. The second kappa shape index (κ2) is 16.3. The van der Waals surface area contributed by atoms with Gasteiger partial charge >= 0.3 is 0 Å². The van der Waals surface area contributed by atoms with Crippen LogP contribution in [0.3, 0.4) is 0 Å². The summed E-state index contributed by atoms with van der Waals surface area (Å²) in [5.74, 6) is 0. The van der Waals surface area contributed by atoms with Crippen molar-refractivity contribution in [3.8, 4) is 89.3 Å². The maximum Gasteiger partial charge on any atom is 0.0720 e. The van der Waals surface area contributed by atoms with Gasteiger partial charge in [0.1, 0.15) is 0 Å². The first-order chi connectivity index (χ1) is 37.9. The fourth-order valence-electron chi connectivity index (χ4n) is 14.6. The van der Waals surface area contributed by atoms with Gasteiger partial charge in [-0.1, -0.05) is 263 Å². The molecule has 1 aromatic heterocycles. The molecular weight excluding hydrogens is 927 g/mol. The van der Waals surface area contributed by atoms with Crippen LogP contribution in [-0.2, 0) is 16.2 Å². The van der Waals surface area contributed by atoms with E-state index in [1.807, 2.05) is 0 Å². The molecule has 0 N–H and O–H groups in total. The molecule has 12 aromatic rings. The Labute approximate surface area is 450 Å². The summed E-state index contributed by atoms with van der Waals surface area (Å²) in [7, 11) is 0. The Morgan fingerprint density at radius 1 is 0.208 bits per heavy atom. The zero-order chi connectivity index (χ0) is 51.0. The number of rotatable bonds is 5. The van der Waals surface area contributed by atoms with E-state index in [2.05, 4.69) is 287 Å². The van der Waals surface area contributed by atoms with Crippen LogP contribution in [0.4, 0.5) is 0 Å². The van der Waals surface area contributed by atoms with Gasteiger partial charge in [-0.2, -0.15) is 0 Å². The highest BCUT2D eigenvalue weighted by Gasteiger charge is 2.59. The second-order valence-corrected chi connectivity index (χ2v) is 22.1. The summed E-state index contributed by atoms with van der Waals surface area (Å²) in [6.45, 7) is 4.72. The molecule has 0 saturated heterocycles. The van der Waals surface area contributed by atoms with Gasteiger partial charge < -0.3 is 0 Å². The molecule has 2 spiro atoms. The van der Waals surface area contributed by atoms with Gasteiger partial charge in [0, 0.05) is 16.5 Å². The Hall–Kier alpha value is -9.43. The van der Waals surface area contributed by atoms with Gasteiger partial charge in [0.25, 0.3) is 0 Å². The van der Waals surface area contributed by atoms with E-state index in [0.717, 1.165) is 28.1 Å². The van der Waals surface area contributed by atoms with Crippen molar-refractivity contribution >= 4 is 0 Å². The predicted molar refractivity (Wildman–Crippen MR) is 317 cm³/mol. The number of fused-ring (bicyclic) bond motifs is 19. The number of aromatic nitrogens is 1. The Bertz CT molecular complexity index is 4310. The molecule has 77 heavy (non-hydrogen) atoms. The van der Waals surface area contributed by atoms with E-state index in [1.165, 1.54) is 117 Å². The van der Waals surface area contributed by atoms with Gasteiger partial charge in [-0.25, -0.2) is 4.98 Å². The topological polar surface area (TPSA) is 12.9 Å². The molecule has 0 fully saturated rings. The first kappa shape index (κ1) is 43.9. The van der Waals surface area contributed by atoms with E-state index in [9.17, 15) is 0 Å². The van der Waals surface area contributed by atoms with Gasteiger partial charge in [-0.3, -0.25) is 0 Å². The minimum absolute atomic E-state index is 0.107. The van der Waals surface area contributed by atoms with Crippen LogP contribution in [0.25, 0.3) is 89.3 Å². The summed E-state index contributed by atoms with van der Waals surface area (Å²) < 4.78 is 0. The molecule has 0 saturated carbocycles. The molecule has 0 unspecified atom stereocenters. The van der Waals surface area contributed by atoms with Crippen LogP contribution in [0.1, 0.15) is 69.5 Å². The zero-order valence-corrected chi connectivity index (χ0v) is 42.9. The summed E-state index contributed by atoms with van der Waals surface area (Å²) in [5, 5.41) is 0. The highest BCUT2D eigenvalue weighted by Crippen LogP contribution is 2.67. The molecule has 0 amide bonds. The first-order valence-corrected chi connectivity index (χ1v) is 27.1. The molecule has 0 atom stereocenters. The number of nitrogens with zero attached hydrogens (tertiary/aromatic N) is 1. The number of hydrogen-bond acceptors (Lipinski definition) is 1. The van der Waals surface area contributed by atoms with Crippen LogP contribution in [0.2, 0.25) is 0 Å². The van der Waals surface area contributed by atoms with E-state index >= 15 is 0 Å². The average molecular weight is 978 g/mol. The lowest BCUT2D eigenvalue weighted by Crippen LogP contribution is -2.43. The number of benzene rings is 11. The monoisotopic (exact) mass is 977 g/mol. The normalized spacial score (nSPS) is 14.7. The smallest absolute Gasteiger partial charge is 0.0720 e. The van der Waals surface area contributed by atoms with E-state index in [1.54, 1.807) is 0 Å². The van der Waals surface area contributed by atoms with Crippen LogP contribution in [-0.4, -0.2) is 4.98 Å². The fraction of sp³-hybridized carbons (Fsp3) is 0.0658. The highest BCUT2D eigenvalue weighted by molar-refractivity contribution is 5.95. The van der Waals surface area contributed by atoms with Crippen LogP contribution in [0.5, 0.6) is 0 Å². The van der Waals surface area contributed by atoms with Crippen molar-refractivity contribution in [3.05, 3.63) is 329 Å². The summed E-state index contributed by atoms with van der Waals surface area (Å²) in [6, 6.07) is 102. The maximum atomic E-state index is 5.47. The standard InChI is InChI=1S/C76H51N/c1-74(2)62-24-10-6-20-56(62)60-42-41-54(44-70(60)74)55-46-72(51-36-32-49(33-37-51)48-18-4-3-5-19-48)77-73(47-55)52-38-34-50(35-39-52)53-40-43-61-59-23-9-13-27-65(59)76(71(61)45-53)68-30-16-14-28-66(68)75(67-29-15-17-31-69(67)76)63-25-11-7-21-57(63)58-22-8-12-26-64(58)75/h3-47H,1-2H3. The van der Waals surface area contributed by atoms with E-state index < -0.39 is 10.8 Å². The average Bonchev–Trinajstić information content (AvgIpc) is 4.16. The first-order valence-electron chi connectivity index (χ1n) is 27.1. The van der Waals surface area contributed by atoms with Crippen molar-refractivity contribution in [2.45, 2.75) is 30.1 Å². The van der Waals surface area contributed by atoms with E-state index in [-0.39, 0.29) is 5.41 Å². The quantitative estimate of drug-likeness (QED) is 0.167. The van der Waals surface area contributed by atoms with Crippen LogP contribution in [0, 0.1) is 0 Å². The molecule has 0 radical (unpaired) electrons. The number of hydrogen-bond donors (Lipinski definition) is 0. The third-order valence-electron chi connectivity index (χ3n) is 18.0. The lowest BCUT2D eigenvalue weighted by molar-refractivity contribution is 0.633. The Balaban J connectivity index is 0.837. The largest absolute Gasteiger partial charge is 0.248 e. The van der Waals surface area contributed by atoms with Gasteiger partial charge in [0.2, 0.25) is 0 Å². The fourth-order valence-corrected chi connectivity index (χ4v) is 14.6. The van der Waals surface area contributed by atoms with Gasteiger partial charge in [0.15, 0.2) is 0 Å². The van der Waals surface area contributed by atoms with Gasteiger partial charge in [-0.05, 0) is 147 Å². The number of pyridine rings is 1. The van der Waals surface area contributed by atoms with Crippen molar-refractivity contribution in [1.82, 2.24) is 4.98 Å². The molecule has 0 aliphatic heterocycles. The molecule has 0 bridgehead atoms. The molecule has 4 aliphatic rings. The van der Waals surface area contributed by atoms with Crippen molar-refractivity contribution in [2.24, 2.45) is 0 Å². The highest BCUT2D eigenvalue weighted by atomic mass is 14.7. The molecular formula is C76H51N. The zero-order valence-electron chi connectivity index (χ0n) is 42.9. The molecule has 1 nitrogen and oxygen atoms in total. The van der Waals surface area contributed by atoms with Crippen LogP contribution in [0.15, 0.2) is 273 Å². The van der Waals surface area contributed by atoms with Crippen molar-refractivity contribution in [1.29, 1.82) is 0 Å². The Kier molecular flexibility index (Phi) is 9.29. The molecule has 1 heteroatoms. The molecule has 11 aromatic carbocycles. The minimum Gasteiger partial charge on any atom is -0.248 e. The van der Waals surface area contributed by atoms with Crippen LogP contribution < -0.4 is 0 Å². The third-order valence-corrected chi connectivity index (χ3v) is 18.0. The molecule has 360 valence electrons. The van der Waals surface area contributed by atoms with Crippen molar-refractivity contribution in [3.63, 3.8) is 0 Å². The summed E-state index contributed by atoms with van der Waals surface area (Å²) in [6.07, 6.45) is 0. The van der Waals surface area contributed by atoms with Crippen molar-refractivity contribution in [2.75, 3.05) is 0 Å². The van der Waals surface area contributed by atoms with E-state index in [0.29, 0.717) is 0 Å². The van der Waals surface area contributed by atoms with Crippen LogP contribution >= 0.6 is 0 Å². The minimum atomic E-state index is -0.553. The lowest BCUT2D eigenvalue weighted by Gasteiger charge is -2.48. The Morgan fingerprint density at radius 3 is 0.987 bits per heavy atom. The van der Waals surface area contributed by atoms with Gasteiger partial charge in [0.05, 0.1) is 22.2 Å². The van der Waals surface area contributed by atoms with Gasteiger partial charge in [-0.15, -0.1) is 0 Å². The van der Waals surface area contributed by atoms with E-state index in [4.69, 9.17) is 4.98 Å². The maximum absolute atomic E-state index is 5.47. The SMILES string of the molecule is CC1(C)c2ccccc2-c2ccc(-c3cc(-c4ccc(-c5ccccc5)cc4)nc(-c4ccc(-c5ccc6c(c5)C5(c7ccccc7-6)c6ccccc6C6(c7ccccc7-c7ccccc76)c6ccccc65)cc4)c3)cc21. The van der Waals surface area contributed by atoms with Crippen molar-refractivity contribution < 1.29 is 0 Å². The predicted octanol–water partition coefficient (Wildman–Crippen LogP) is 18.8.